The molecule has 1 amide bonds. The molecule has 1 aromatic rings. The number of hydrogen-bond donors (Lipinski definition) is 1. The van der Waals surface area contributed by atoms with Crippen molar-refractivity contribution in [2.24, 2.45) is 4.99 Å². The Bertz CT molecular complexity index is 1020. The van der Waals surface area contributed by atoms with Gasteiger partial charge in [-0.05, 0) is 64.9 Å². The van der Waals surface area contributed by atoms with Crippen LogP contribution in [0, 0.1) is 0 Å². The molecular weight excluding hydrogens is 452 g/mol. The standard InChI is InChI=1S/C25H34N4O4S/c1-16-21(23(31)33-25(2,3)4)22(17-8-10-19(32-7)11-9-17)29-18(15-34-24(29)27-16)14-20(30)26-12-13-28(5)6/h8-11,15,22H,12-14H2,1-7H3,(H,26,30). The first kappa shape index (κ1) is 25.8. The third kappa shape index (κ3) is 6.21. The number of benzene rings is 1. The number of methoxy groups -OCH3 is 1. The van der Waals surface area contributed by atoms with E-state index in [4.69, 9.17) is 14.5 Å². The number of amidine groups is 1. The maximum atomic E-state index is 13.3. The third-order valence-electron chi connectivity index (χ3n) is 5.27. The molecule has 0 spiro atoms. The van der Waals surface area contributed by atoms with Crippen molar-refractivity contribution in [3.8, 4) is 5.75 Å². The van der Waals surface area contributed by atoms with Crippen LogP contribution in [-0.2, 0) is 14.3 Å². The molecule has 0 fully saturated rings. The Morgan fingerprint density at radius 1 is 1.21 bits per heavy atom. The summed E-state index contributed by atoms with van der Waals surface area (Å²) in [5.74, 6) is 0.230. The Kier molecular flexibility index (Phi) is 8.09. The predicted octanol–water partition coefficient (Wildman–Crippen LogP) is 3.68. The number of esters is 1. The smallest absolute Gasteiger partial charge is 0.338 e. The largest absolute Gasteiger partial charge is 0.497 e. The summed E-state index contributed by atoms with van der Waals surface area (Å²) in [4.78, 5) is 34.7. The monoisotopic (exact) mass is 486 g/mol. The maximum Gasteiger partial charge on any atom is 0.338 e. The number of amides is 1. The molecule has 0 saturated heterocycles. The molecule has 8 nitrogen and oxygen atoms in total. The Hall–Kier alpha value is -2.78. The van der Waals surface area contributed by atoms with Gasteiger partial charge >= 0.3 is 5.97 Å². The molecule has 184 valence electrons. The van der Waals surface area contributed by atoms with E-state index < -0.39 is 17.6 Å². The highest BCUT2D eigenvalue weighted by Gasteiger charge is 2.41. The van der Waals surface area contributed by atoms with Crippen molar-refractivity contribution in [1.29, 1.82) is 0 Å². The minimum Gasteiger partial charge on any atom is -0.497 e. The number of ether oxygens (including phenoxy) is 2. The molecule has 0 aromatic heterocycles. The van der Waals surface area contributed by atoms with Gasteiger partial charge < -0.3 is 24.6 Å². The van der Waals surface area contributed by atoms with Gasteiger partial charge in [0.1, 0.15) is 11.4 Å². The van der Waals surface area contributed by atoms with Crippen molar-refractivity contribution in [1.82, 2.24) is 15.1 Å². The summed E-state index contributed by atoms with van der Waals surface area (Å²) in [7, 11) is 5.54. The average molecular weight is 487 g/mol. The van der Waals surface area contributed by atoms with Crippen molar-refractivity contribution in [2.45, 2.75) is 45.8 Å². The lowest BCUT2D eigenvalue weighted by Gasteiger charge is -2.37. The zero-order valence-corrected chi connectivity index (χ0v) is 21.8. The molecule has 0 bridgehead atoms. The van der Waals surface area contributed by atoms with E-state index in [-0.39, 0.29) is 12.3 Å². The first-order valence-electron chi connectivity index (χ1n) is 11.2. The zero-order chi connectivity index (χ0) is 25.0. The van der Waals surface area contributed by atoms with Gasteiger partial charge in [0, 0.05) is 18.8 Å². The summed E-state index contributed by atoms with van der Waals surface area (Å²) in [6.07, 6.45) is 0.187. The normalized spacial score (nSPS) is 17.9. The molecule has 1 atom stereocenters. The molecule has 0 radical (unpaired) electrons. The Morgan fingerprint density at radius 3 is 2.47 bits per heavy atom. The summed E-state index contributed by atoms with van der Waals surface area (Å²) in [5, 5.41) is 5.64. The lowest BCUT2D eigenvalue weighted by atomic mass is 9.93. The Morgan fingerprint density at radius 2 is 1.88 bits per heavy atom. The average Bonchev–Trinajstić information content (AvgIpc) is 3.13. The minimum atomic E-state index is -0.649. The molecule has 3 rings (SSSR count). The van der Waals surface area contributed by atoms with E-state index >= 15 is 0 Å². The molecule has 2 aliphatic heterocycles. The van der Waals surface area contributed by atoms with Crippen LogP contribution in [0.4, 0.5) is 0 Å². The molecule has 0 saturated carbocycles. The molecule has 2 heterocycles. The molecule has 1 N–H and O–H groups in total. The summed E-state index contributed by atoms with van der Waals surface area (Å²) in [6, 6.07) is 7.13. The van der Waals surface area contributed by atoms with E-state index in [1.807, 2.05) is 81.3 Å². The number of nitrogens with one attached hydrogen (secondary N) is 1. The van der Waals surface area contributed by atoms with Crippen LogP contribution in [0.1, 0.15) is 45.7 Å². The zero-order valence-electron chi connectivity index (χ0n) is 21.0. The second-order valence-corrected chi connectivity index (χ2v) is 10.3. The summed E-state index contributed by atoms with van der Waals surface area (Å²) >= 11 is 1.46. The van der Waals surface area contributed by atoms with E-state index in [1.165, 1.54) is 11.8 Å². The van der Waals surface area contributed by atoms with E-state index in [9.17, 15) is 9.59 Å². The number of allylic oxidation sites excluding steroid dienone is 1. The van der Waals surface area contributed by atoms with Gasteiger partial charge in [-0.15, -0.1) is 0 Å². The molecule has 1 unspecified atom stereocenters. The number of rotatable bonds is 8. The molecule has 0 aliphatic carbocycles. The summed E-state index contributed by atoms with van der Waals surface area (Å²) in [6.45, 7) is 8.68. The third-order valence-corrected chi connectivity index (χ3v) is 6.16. The van der Waals surface area contributed by atoms with Crippen molar-refractivity contribution in [3.05, 3.63) is 52.2 Å². The lowest BCUT2D eigenvalue weighted by molar-refractivity contribution is -0.150. The van der Waals surface area contributed by atoms with Crippen molar-refractivity contribution in [2.75, 3.05) is 34.3 Å². The number of carbonyl (C=O) groups excluding carboxylic acids is 2. The predicted molar refractivity (Wildman–Crippen MR) is 135 cm³/mol. The van der Waals surface area contributed by atoms with Gasteiger partial charge in [-0.1, -0.05) is 23.9 Å². The summed E-state index contributed by atoms with van der Waals surface area (Å²) in [5.41, 5.74) is 2.10. The topological polar surface area (TPSA) is 83.5 Å². The van der Waals surface area contributed by atoms with Crippen LogP contribution in [0.5, 0.6) is 5.75 Å². The lowest BCUT2D eigenvalue weighted by Crippen LogP contribution is -2.39. The number of aliphatic imine (C=N–C) groups is 1. The fourth-order valence-electron chi connectivity index (χ4n) is 3.71. The molecule has 1 aromatic carbocycles. The van der Waals surface area contributed by atoms with E-state index in [0.717, 1.165) is 28.7 Å². The van der Waals surface area contributed by atoms with Crippen molar-refractivity contribution in [3.63, 3.8) is 0 Å². The fourth-order valence-corrected chi connectivity index (χ4v) is 4.68. The number of thioether (sulfide) groups is 1. The Balaban J connectivity index is 1.95. The number of likely N-dealkylation sites (N-methyl/N-ethyl adjacent to an activating group) is 1. The highest BCUT2D eigenvalue weighted by atomic mass is 32.2. The highest BCUT2D eigenvalue weighted by Crippen LogP contribution is 2.45. The quantitative estimate of drug-likeness (QED) is 0.561. The van der Waals surface area contributed by atoms with Crippen LogP contribution in [0.25, 0.3) is 0 Å². The van der Waals surface area contributed by atoms with Crippen LogP contribution in [0.3, 0.4) is 0 Å². The SMILES string of the molecule is COc1ccc(C2C(C(=O)OC(C)(C)C)=C(C)N=C3SC=C(CC(=O)NCCN(C)C)N32)cc1. The van der Waals surface area contributed by atoms with Crippen molar-refractivity contribution >= 4 is 28.8 Å². The molecule has 9 heteroatoms. The van der Waals surface area contributed by atoms with E-state index in [1.54, 1.807) is 7.11 Å². The fraction of sp³-hybridized carbons (Fsp3) is 0.480. The Labute approximate surface area is 206 Å². The minimum absolute atomic E-state index is 0.0754. The number of fused-ring (bicyclic) bond motifs is 1. The first-order valence-corrected chi connectivity index (χ1v) is 12.1. The van der Waals surface area contributed by atoms with Crippen LogP contribution in [-0.4, -0.2) is 66.7 Å². The van der Waals surface area contributed by atoms with Crippen LogP contribution in [0.2, 0.25) is 0 Å². The number of nitrogens with zero attached hydrogens (tertiary/aromatic N) is 3. The van der Waals surface area contributed by atoms with Crippen LogP contribution >= 0.6 is 11.8 Å². The maximum absolute atomic E-state index is 13.3. The molecular formula is C25H34N4O4S. The van der Waals surface area contributed by atoms with Crippen LogP contribution in [0.15, 0.2) is 51.6 Å². The van der Waals surface area contributed by atoms with Crippen molar-refractivity contribution < 1.29 is 19.1 Å². The van der Waals surface area contributed by atoms with Crippen LogP contribution < -0.4 is 10.1 Å². The summed E-state index contributed by atoms with van der Waals surface area (Å²) < 4.78 is 11.1. The van der Waals surface area contributed by atoms with Gasteiger partial charge in [0.05, 0.1) is 30.8 Å². The number of carbonyl (C=O) groups is 2. The van der Waals surface area contributed by atoms with Gasteiger partial charge in [0.25, 0.3) is 0 Å². The van der Waals surface area contributed by atoms with Gasteiger partial charge in [-0.25, -0.2) is 9.79 Å². The second kappa shape index (κ2) is 10.7. The van der Waals surface area contributed by atoms with Gasteiger partial charge in [-0.2, -0.15) is 0 Å². The van der Waals surface area contributed by atoms with E-state index in [2.05, 4.69) is 5.32 Å². The highest BCUT2D eigenvalue weighted by molar-refractivity contribution is 8.16. The second-order valence-electron chi connectivity index (χ2n) is 9.50. The first-order chi connectivity index (χ1) is 16.0. The molecule has 2 aliphatic rings. The van der Waals surface area contributed by atoms with Gasteiger partial charge in [0.15, 0.2) is 5.17 Å². The van der Waals surface area contributed by atoms with Gasteiger partial charge in [0.2, 0.25) is 5.91 Å². The van der Waals surface area contributed by atoms with E-state index in [0.29, 0.717) is 17.8 Å². The van der Waals surface area contributed by atoms with Gasteiger partial charge in [-0.3, -0.25) is 4.79 Å². The molecule has 34 heavy (non-hydrogen) atoms. The number of hydrogen-bond acceptors (Lipinski definition) is 8.